The maximum absolute atomic E-state index is 13.1. The second kappa shape index (κ2) is 12.4. The highest BCUT2D eigenvalue weighted by Gasteiger charge is 2.76. The van der Waals surface area contributed by atoms with Crippen molar-refractivity contribution in [2.75, 3.05) is 0 Å². The SMILES string of the molecule is C/C=C(/C)C(=O)O[C@H]1C(C)=C2[C@H]([C@H]1OC(=O)CC(C)C)[C@@](C)(OC(C)=O)C[C@H](OC(=O)CCC)[C@@]1(O)[C@H]2OC(=O)[C@@]1(C)O. The van der Waals surface area contributed by atoms with E-state index in [0.717, 1.165) is 13.8 Å². The van der Waals surface area contributed by atoms with Gasteiger partial charge in [-0.25, -0.2) is 9.59 Å². The van der Waals surface area contributed by atoms with Crippen LogP contribution in [0.15, 0.2) is 22.8 Å². The fourth-order valence-corrected chi connectivity index (χ4v) is 6.35. The van der Waals surface area contributed by atoms with Gasteiger partial charge in [-0.1, -0.05) is 26.8 Å². The van der Waals surface area contributed by atoms with Crippen LogP contribution >= 0.6 is 0 Å². The lowest BCUT2D eigenvalue weighted by atomic mass is 9.75. The number of aliphatic hydroxyl groups is 2. The molecule has 0 aromatic heterocycles. The van der Waals surface area contributed by atoms with E-state index < -0.39 is 83.4 Å². The lowest BCUT2D eigenvalue weighted by molar-refractivity contribution is -0.212. The van der Waals surface area contributed by atoms with Crippen molar-refractivity contribution < 1.29 is 57.9 Å². The summed E-state index contributed by atoms with van der Waals surface area (Å²) in [5.74, 6) is -5.19. The molecule has 0 radical (unpaired) electrons. The van der Waals surface area contributed by atoms with Gasteiger partial charge in [0.2, 0.25) is 0 Å². The van der Waals surface area contributed by atoms with Crippen molar-refractivity contribution in [1.29, 1.82) is 0 Å². The molecule has 0 spiro atoms. The predicted octanol–water partition coefficient (Wildman–Crippen LogP) is 2.61. The van der Waals surface area contributed by atoms with Crippen LogP contribution in [0.4, 0.5) is 0 Å². The second-order valence-corrected chi connectivity index (χ2v) is 12.5. The Balaban J connectivity index is 2.33. The predicted molar refractivity (Wildman–Crippen MR) is 150 cm³/mol. The Hall–Kier alpha value is -3.25. The number of esters is 5. The average Bonchev–Trinajstić information content (AvgIpc) is 3.21. The summed E-state index contributed by atoms with van der Waals surface area (Å²) in [5.41, 5.74) is -6.16. The summed E-state index contributed by atoms with van der Waals surface area (Å²) >= 11 is 0. The minimum absolute atomic E-state index is 0.0186. The third-order valence-electron chi connectivity index (χ3n) is 8.60. The topological polar surface area (TPSA) is 172 Å². The Morgan fingerprint density at radius 2 is 1.70 bits per heavy atom. The molecule has 0 bridgehead atoms. The van der Waals surface area contributed by atoms with Crippen LogP contribution in [-0.4, -0.2) is 81.3 Å². The van der Waals surface area contributed by atoms with Crippen molar-refractivity contribution in [3.8, 4) is 0 Å². The lowest BCUT2D eigenvalue weighted by Crippen LogP contribution is -2.64. The number of ether oxygens (including phenoxy) is 5. The molecule has 1 aliphatic heterocycles. The van der Waals surface area contributed by atoms with Gasteiger partial charge in [0.25, 0.3) is 0 Å². The molecule has 0 aromatic carbocycles. The van der Waals surface area contributed by atoms with E-state index >= 15 is 0 Å². The fraction of sp³-hybridized carbons (Fsp3) is 0.710. The van der Waals surface area contributed by atoms with Gasteiger partial charge in [0.05, 0.1) is 5.92 Å². The quantitative estimate of drug-likeness (QED) is 0.170. The Labute approximate surface area is 251 Å². The lowest BCUT2D eigenvalue weighted by Gasteiger charge is -2.41. The first-order chi connectivity index (χ1) is 19.8. The summed E-state index contributed by atoms with van der Waals surface area (Å²) in [4.78, 5) is 64.5. The molecule has 1 saturated carbocycles. The van der Waals surface area contributed by atoms with Crippen LogP contribution in [0.25, 0.3) is 0 Å². The summed E-state index contributed by atoms with van der Waals surface area (Å²) in [7, 11) is 0. The van der Waals surface area contributed by atoms with Gasteiger partial charge in [-0.05, 0) is 58.1 Å². The minimum atomic E-state index is -2.58. The van der Waals surface area contributed by atoms with Crippen molar-refractivity contribution in [2.24, 2.45) is 11.8 Å². The summed E-state index contributed by atoms with van der Waals surface area (Å²) in [6.45, 7) is 13.9. The third-order valence-corrected chi connectivity index (χ3v) is 8.60. The van der Waals surface area contributed by atoms with E-state index in [1.807, 2.05) is 13.8 Å². The highest BCUT2D eigenvalue weighted by molar-refractivity contribution is 5.88. The van der Waals surface area contributed by atoms with Crippen molar-refractivity contribution in [2.45, 2.75) is 129 Å². The molecule has 43 heavy (non-hydrogen) atoms. The largest absolute Gasteiger partial charge is 0.459 e. The van der Waals surface area contributed by atoms with Gasteiger partial charge in [0.15, 0.2) is 29.5 Å². The zero-order chi connectivity index (χ0) is 32.7. The Bertz CT molecular complexity index is 1230. The van der Waals surface area contributed by atoms with Crippen LogP contribution in [0.1, 0.15) is 88.0 Å². The fourth-order valence-electron chi connectivity index (χ4n) is 6.35. The first-order valence-electron chi connectivity index (χ1n) is 14.6. The normalized spacial score (nSPS) is 35.5. The smallest absolute Gasteiger partial charge is 0.341 e. The molecule has 0 amide bonds. The molecule has 2 N–H and O–H groups in total. The van der Waals surface area contributed by atoms with E-state index in [-0.39, 0.29) is 35.5 Å². The van der Waals surface area contributed by atoms with Crippen LogP contribution < -0.4 is 0 Å². The maximum Gasteiger partial charge on any atom is 0.341 e. The summed E-state index contributed by atoms with van der Waals surface area (Å²) < 4.78 is 29.0. The standard InChI is InChI=1S/C31H44O12/c1-10-12-20(33)39-19-14-29(8,43-18(7)32)23-22(26-31(19,38)30(9,37)28(36)42-26)17(6)24(41-27(35)16(5)11-2)25(23)40-21(34)13-15(3)4/h11,15,19,23-26,37-38H,10,12-14H2,1-9H3/b16-11-/t19-,23+,24-,25+,26-,29-,30+,31+/m0/s1. The molecule has 0 aromatic rings. The average molecular weight is 609 g/mol. The first kappa shape index (κ1) is 34.2. The van der Waals surface area contributed by atoms with Crippen LogP contribution in [-0.2, 0) is 47.7 Å². The Kier molecular flexibility index (Phi) is 9.87. The van der Waals surface area contributed by atoms with Gasteiger partial charge in [0, 0.05) is 31.8 Å². The number of hydrogen-bond donors (Lipinski definition) is 2. The highest BCUT2D eigenvalue weighted by Crippen LogP contribution is 2.57. The molecule has 240 valence electrons. The molecule has 0 unspecified atom stereocenters. The van der Waals surface area contributed by atoms with Crippen LogP contribution in [0.5, 0.6) is 0 Å². The molecule has 12 heteroatoms. The zero-order valence-electron chi connectivity index (χ0n) is 26.3. The van der Waals surface area contributed by atoms with Gasteiger partial charge in [-0.2, -0.15) is 0 Å². The minimum Gasteiger partial charge on any atom is -0.459 e. The number of carbonyl (C=O) groups is 5. The Morgan fingerprint density at radius 3 is 2.23 bits per heavy atom. The van der Waals surface area contributed by atoms with E-state index in [4.69, 9.17) is 23.7 Å². The monoisotopic (exact) mass is 608 g/mol. The molecule has 3 rings (SSSR count). The van der Waals surface area contributed by atoms with E-state index in [1.54, 1.807) is 33.8 Å². The van der Waals surface area contributed by atoms with Crippen molar-refractivity contribution in [1.82, 2.24) is 0 Å². The van der Waals surface area contributed by atoms with Crippen molar-refractivity contribution >= 4 is 29.8 Å². The number of hydrogen-bond acceptors (Lipinski definition) is 12. The van der Waals surface area contributed by atoms with Crippen molar-refractivity contribution in [3.63, 3.8) is 0 Å². The Morgan fingerprint density at radius 1 is 1.07 bits per heavy atom. The number of carbonyl (C=O) groups excluding carboxylic acids is 5. The molecule has 2 fully saturated rings. The van der Waals surface area contributed by atoms with Gasteiger partial charge in [0.1, 0.15) is 11.7 Å². The number of allylic oxidation sites excluding steroid dienone is 1. The zero-order valence-corrected chi connectivity index (χ0v) is 26.3. The second-order valence-electron chi connectivity index (χ2n) is 12.5. The summed E-state index contributed by atoms with van der Waals surface area (Å²) in [5, 5.41) is 23.7. The molecule has 1 heterocycles. The maximum atomic E-state index is 13.1. The van der Waals surface area contributed by atoms with Gasteiger partial charge in [-0.15, -0.1) is 0 Å². The molecule has 8 atom stereocenters. The van der Waals surface area contributed by atoms with E-state index in [2.05, 4.69) is 0 Å². The number of rotatable bonds is 9. The molecule has 2 aliphatic carbocycles. The molecular formula is C31H44O12. The summed E-state index contributed by atoms with van der Waals surface area (Å²) in [6, 6.07) is 0. The van der Waals surface area contributed by atoms with Gasteiger partial charge < -0.3 is 33.9 Å². The third kappa shape index (κ3) is 6.08. The van der Waals surface area contributed by atoms with Gasteiger partial charge in [-0.3, -0.25) is 14.4 Å². The van der Waals surface area contributed by atoms with E-state index in [0.29, 0.717) is 6.42 Å². The molecular weight excluding hydrogens is 564 g/mol. The molecule has 1 saturated heterocycles. The molecule has 12 nitrogen and oxygen atoms in total. The van der Waals surface area contributed by atoms with Crippen LogP contribution in [0, 0.1) is 11.8 Å². The van der Waals surface area contributed by atoms with Gasteiger partial charge >= 0.3 is 29.8 Å². The van der Waals surface area contributed by atoms with E-state index in [1.165, 1.54) is 6.92 Å². The molecule has 3 aliphatic rings. The van der Waals surface area contributed by atoms with Crippen LogP contribution in [0.2, 0.25) is 0 Å². The van der Waals surface area contributed by atoms with Crippen LogP contribution in [0.3, 0.4) is 0 Å². The summed E-state index contributed by atoms with van der Waals surface area (Å²) in [6.07, 6.45) is -4.24. The highest BCUT2D eigenvalue weighted by atomic mass is 16.6. The van der Waals surface area contributed by atoms with Crippen molar-refractivity contribution in [3.05, 3.63) is 22.8 Å². The number of fused-ring (bicyclic) bond motifs is 3. The first-order valence-corrected chi connectivity index (χ1v) is 14.6. The van der Waals surface area contributed by atoms with E-state index in [9.17, 15) is 34.2 Å².